The van der Waals surface area contributed by atoms with Crippen molar-refractivity contribution in [2.45, 2.75) is 6.54 Å². The highest BCUT2D eigenvalue weighted by molar-refractivity contribution is 7.15. The van der Waals surface area contributed by atoms with Gasteiger partial charge in [-0.2, -0.15) is 0 Å². The van der Waals surface area contributed by atoms with Gasteiger partial charge in [0.25, 0.3) is 0 Å². The molecular weight excluding hydrogens is 464 g/mol. The summed E-state index contributed by atoms with van der Waals surface area (Å²) in [5.74, 6) is -0.256. The quantitative estimate of drug-likeness (QED) is 0.213. The minimum atomic E-state index is -0.328. The molecule has 2 aromatic carbocycles. The number of ether oxygens (including phenoxy) is 1. The molecule has 1 aromatic heterocycles. The molecule has 1 N–H and O–H groups in total. The molecule has 9 heteroatoms. The molecule has 0 atom stereocenters. The first kappa shape index (κ1) is 24.5. The van der Waals surface area contributed by atoms with Crippen LogP contribution < -0.4 is 10.1 Å². The fourth-order valence-electron chi connectivity index (χ4n) is 3.70. The van der Waals surface area contributed by atoms with Gasteiger partial charge in [0.1, 0.15) is 5.75 Å². The van der Waals surface area contributed by atoms with Gasteiger partial charge in [-0.25, -0.2) is 4.98 Å². The van der Waals surface area contributed by atoms with Gasteiger partial charge in [0, 0.05) is 54.9 Å². The van der Waals surface area contributed by atoms with Crippen molar-refractivity contribution in [2.75, 3.05) is 38.0 Å². The van der Waals surface area contributed by atoms with Crippen molar-refractivity contribution in [3.05, 3.63) is 89.5 Å². The Morgan fingerprint density at radius 2 is 1.63 bits per heavy atom. The molecule has 8 nitrogen and oxygen atoms in total. The van der Waals surface area contributed by atoms with Gasteiger partial charge in [-0.15, -0.1) is 11.3 Å². The van der Waals surface area contributed by atoms with E-state index in [0.29, 0.717) is 22.0 Å². The molecule has 1 aliphatic heterocycles. The summed E-state index contributed by atoms with van der Waals surface area (Å²) in [5, 5.41) is 3.23. The van der Waals surface area contributed by atoms with Crippen LogP contribution in [-0.2, 0) is 16.1 Å². The number of aromatic nitrogens is 1. The molecule has 0 aliphatic carbocycles. The van der Waals surface area contributed by atoms with Crippen LogP contribution in [0.3, 0.4) is 0 Å². The number of carbonyl (C=O) groups is 3. The molecule has 3 aromatic rings. The lowest BCUT2D eigenvalue weighted by Crippen LogP contribution is -2.47. The van der Waals surface area contributed by atoms with Crippen molar-refractivity contribution >= 4 is 34.1 Å². The van der Waals surface area contributed by atoms with E-state index in [1.807, 2.05) is 18.2 Å². The third kappa shape index (κ3) is 6.92. The van der Waals surface area contributed by atoms with E-state index < -0.39 is 0 Å². The number of thiazole rings is 1. The van der Waals surface area contributed by atoms with Crippen molar-refractivity contribution in [1.29, 1.82) is 0 Å². The Hall–Kier alpha value is -3.66. The highest BCUT2D eigenvalue weighted by Gasteiger charge is 2.21. The lowest BCUT2D eigenvalue weighted by Gasteiger charge is -2.33. The second-order valence-electron chi connectivity index (χ2n) is 8.07. The number of hydrogen-bond acceptors (Lipinski definition) is 8. The van der Waals surface area contributed by atoms with Crippen LogP contribution in [0.4, 0.5) is 5.13 Å². The highest BCUT2D eigenvalue weighted by Crippen LogP contribution is 2.21. The molecule has 1 amide bonds. The fourth-order valence-corrected chi connectivity index (χ4v) is 4.56. The summed E-state index contributed by atoms with van der Waals surface area (Å²) in [4.78, 5) is 45.9. The van der Waals surface area contributed by atoms with Gasteiger partial charge in [-0.1, -0.05) is 36.9 Å². The minimum Gasteiger partial charge on any atom is -0.426 e. The lowest BCUT2D eigenvalue weighted by atomic mass is 10.0. The number of piperazine rings is 1. The van der Waals surface area contributed by atoms with Crippen molar-refractivity contribution in [1.82, 2.24) is 14.8 Å². The summed E-state index contributed by atoms with van der Waals surface area (Å²) in [6.45, 7) is 7.51. The first-order valence-electron chi connectivity index (χ1n) is 11.2. The Balaban J connectivity index is 1.20. The smallest absolute Gasteiger partial charge is 0.325 e. The van der Waals surface area contributed by atoms with Crippen LogP contribution in [-0.4, -0.2) is 65.2 Å². The van der Waals surface area contributed by atoms with Crippen molar-refractivity contribution in [2.24, 2.45) is 0 Å². The number of esters is 1. The summed E-state index contributed by atoms with van der Waals surface area (Å²) < 4.78 is 5.47. The zero-order valence-electron chi connectivity index (χ0n) is 19.2. The molecule has 0 unspecified atom stereocenters. The first-order valence-corrected chi connectivity index (χ1v) is 12.0. The zero-order valence-corrected chi connectivity index (χ0v) is 20.0. The van der Waals surface area contributed by atoms with Crippen LogP contribution in [0.5, 0.6) is 5.75 Å². The summed E-state index contributed by atoms with van der Waals surface area (Å²) >= 11 is 1.44. The topological polar surface area (TPSA) is 91.8 Å². The van der Waals surface area contributed by atoms with Crippen LogP contribution >= 0.6 is 11.3 Å². The SMILES string of the molecule is C=CC(=O)Nc1ncc(CN2CCN(CC(=O)Oc3ccc(C(=O)c4ccccc4)cc3)CC2)s1. The van der Waals surface area contributed by atoms with E-state index in [-0.39, 0.29) is 24.2 Å². The van der Waals surface area contributed by atoms with Gasteiger partial charge in [0.05, 0.1) is 6.54 Å². The predicted octanol–water partition coefficient (Wildman–Crippen LogP) is 3.22. The minimum absolute atomic E-state index is 0.0718. The van der Waals surface area contributed by atoms with Gasteiger partial charge in [0.15, 0.2) is 10.9 Å². The lowest BCUT2D eigenvalue weighted by molar-refractivity contribution is -0.136. The number of rotatable bonds is 9. The molecule has 180 valence electrons. The maximum Gasteiger partial charge on any atom is 0.325 e. The van der Waals surface area contributed by atoms with E-state index in [9.17, 15) is 14.4 Å². The molecule has 0 saturated carbocycles. The molecule has 1 fully saturated rings. The summed E-state index contributed by atoms with van der Waals surface area (Å²) in [6.07, 6.45) is 2.99. The Bertz CT molecular complexity index is 1190. The van der Waals surface area contributed by atoms with Gasteiger partial charge in [-0.05, 0) is 30.3 Å². The molecule has 0 bridgehead atoms. The maximum absolute atomic E-state index is 12.5. The van der Waals surface area contributed by atoms with Crippen LogP contribution in [0.1, 0.15) is 20.8 Å². The number of carbonyl (C=O) groups excluding carboxylic acids is 3. The standard InChI is InChI=1S/C26H26N4O4S/c1-2-23(31)28-26-27-16-22(35-26)17-29-12-14-30(15-13-29)18-24(32)34-21-10-8-20(9-11-21)25(33)19-6-4-3-5-7-19/h2-11,16H,1,12-15,17-18H2,(H,27,28,31). The van der Waals surface area contributed by atoms with E-state index in [0.717, 1.165) is 37.6 Å². The molecule has 35 heavy (non-hydrogen) atoms. The number of amides is 1. The van der Waals surface area contributed by atoms with Gasteiger partial charge < -0.3 is 4.74 Å². The number of anilines is 1. The second-order valence-corrected chi connectivity index (χ2v) is 9.19. The third-order valence-corrected chi connectivity index (χ3v) is 6.45. The predicted molar refractivity (Wildman–Crippen MR) is 135 cm³/mol. The number of ketones is 1. The van der Waals surface area contributed by atoms with E-state index in [4.69, 9.17) is 4.74 Å². The van der Waals surface area contributed by atoms with Crippen molar-refractivity contribution in [3.63, 3.8) is 0 Å². The highest BCUT2D eigenvalue weighted by atomic mass is 32.1. The third-order valence-electron chi connectivity index (χ3n) is 5.55. The summed E-state index contributed by atoms with van der Waals surface area (Å²) in [6, 6.07) is 15.7. The van der Waals surface area contributed by atoms with Gasteiger partial charge in [-0.3, -0.25) is 29.5 Å². The fraction of sp³-hybridized carbons (Fsp3) is 0.231. The van der Waals surface area contributed by atoms with Crippen LogP contribution in [0.15, 0.2) is 73.4 Å². The average molecular weight is 491 g/mol. The van der Waals surface area contributed by atoms with Crippen LogP contribution in [0, 0.1) is 0 Å². The summed E-state index contributed by atoms with van der Waals surface area (Å²) in [5.41, 5.74) is 1.16. The largest absolute Gasteiger partial charge is 0.426 e. The Morgan fingerprint density at radius 3 is 2.31 bits per heavy atom. The van der Waals surface area contributed by atoms with E-state index in [2.05, 4.69) is 26.7 Å². The Kier molecular flexibility index (Phi) is 8.15. The molecule has 2 heterocycles. The zero-order chi connectivity index (χ0) is 24.6. The molecular formula is C26H26N4O4S. The molecule has 4 rings (SSSR count). The monoisotopic (exact) mass is 490 g/mol. The maximum atomic E-state index is 12.5. The van der Waals surface area contributed by atoms with Crippen molar-refractivity contribution < 1.29 is 19.1 Å². The molecule has 0 spiro atoms. The number of nitrogens with zero attached hydrogens (tertiary/aromatic N) is 3. The van der Waals surface area contributed by atoms with E-state index in [1.54, 1.807) is 42.6 Å². The van der Waals surface area contributed by atoms with Crippen molar-refractivity contribution in [3.8, 4) is 5.75 Å². The first-order chi connectivity index (χ1) is 17.0. The van der Waals surface area contributed by atoms with Gasteiger partial charge in [0.2, 0.25) is 5.91 Å². The molecule has 1 saturated heterocycles. The second kappa shape index (κ2) is 11.7. The van der Waals surface area contributed by atoms with Crippen LogP contribution in [0.25, 0.3) is 0 Å². The Labute approximate surface area is 207 Å². The molecule has 1 aliphatic rings. The number of benzene rings is 2. The summed E-state index contributed by atoms with van der Waals surface area (Å²) in [7, 11) is 0. The normalized spacial score (nSPS) is 14.3. The van der Waals surface area contributed by atoms with Gasteiger partial charge >= 0.3 is 5.97 Å². The Morgan fingerprint density at radius 1 is 0.971 bits per heavy atom. The molecule has 0 radical (unpaired) electrons. The van der Waals surface area contributed by atoms with E-state index in [1.165, 1.54) is 17.4 Å². The van der Waals surface area contributed by atoms with Crippen LogP contribution in [0.2, 0.25) is 0 Å². The number of nitrogens with one attached hydrogen (secondary N) is 1. The van der Waals surface area contributed by atoms with E-state index >= 15 is 0 Å². The average Bonchev–Trinajstić information content (AvgIpc) is 3.32. The number of hydrogen-bond donors (Lipinski definition) is 1.